The number of hydrogen-bond acceptors (Lipinski definition) is 1. The van der Waals surface area contributed by atoms with E-state index in [1.165, 1.54) is 61.4 Å². The van der Waals surface area contributed by atoms with Crippen molar-refractivity contribution in [1.29, 1.82) is 0 Å². The third-order valence-corrected chi connectivity index (χ3v) is 10.3. The van der Waals surface area contributed by atoms with Gasteiger partial charge >= 0.3 is 0 Å². The van der Waals surface area contributed by atoms with Crippen LogP contribution >= 0.6 is 0 Å². The molecule has 3 nitrogen and oxygen atoms in total. The van der Waals surface area contributed by atoms with Gasteiger partial charge in [0, 0.05) is 50.8 Å². The van der Waals surface area contributed by atoms with E-state index in [9.17, 15) is 0 Å². The Morgan fingerprint density at radius 3 is 1.39 bits per heavy atom. The van der Waals surface area contributed by atoms with Gasteiger partial charge in [-0.05, 0) is 101 Å². The lowest BCUT2D eigenvalue weighted by Crippen LogP contribution is -2.10. The molecule has 0 saturated carbocycles. The van der Waals surface area contributed by atoms with E-state index in [0.717, 1.165) is 28.4 Å². The van der Waals surface area contributed by atoms with Gasteiger partial charge in [-0.3, -0.25) is 0 Å². The maximum Gasteiger partial charge on any atom is 0.0628 e. The molecule has 0 bridgehead atoms. The third kappa shape index (κ3) is 6.44. The standard InChI is InChI=1S/C50H35N3.C3H8/c1-5-13-36(14-6-1)38-21-26-43(27-22-38)52(44-28-23-39(24-29-44)37-15-7-2-8-16-37)45-30-32-47-46(35-45)49-48(53(47)42-19-11-4-12-20-42)31-25-40-33-34-51(50(40)49)41-17-9-3-10-18-41;1-3-2/h1-35H;3H2,1-2H3. The Kier molecular flexibility index (Phi) is 9.49. The molecule has 2 aromatic heterocycles. The molecular formula is C53H43N3. The second kappa shape index (κ2) is 15.3. The zero-order valence-electron chi connectivity index (χ0n) is 31.8. The highest BCUT2D eigenvalue weighted by atomic mass is 15.1. The molecule has 0 fully saturated rings. The molecule has 0 radical (unpaired) electrons. The van der Waals surface area contributed by atoms with E-state index in [-0.39, 0.29) is 0 Å². The van der Waals surface area contributed by atoms with Crippen LogP contribution in [0.1, 0.15) is 20.3 Å². The Morgan fingerprint density at radius 2 is 0.857 bits per heavy atom. The summed E-state index contributed by atoms with van der Waals surface area (Å²) in [6.45, 7) is 4.25. The lowest BCUT2D eigenvalue weighted by molar-refractivity contribution is 1.09. The number of fused-ring (bicyclic) bond motifs is 5. The fraction of sp³-hybridized carbons (Fsp3) is 0.0566. The van der Waals surface area contributed by atoms with Crippen LogP contribution in [0.3, 0.4) is 0 Å². The molecule has 3 heteroatoms. The van der Waals surface area contributed by atoms with Crippen LogP contribution in [0.25, 0.3) is 66.3 Å². The van der Waals surface area contributed by atoms with Crippen molar-refractivity contribution in [2.24, 2.45) is 0 Å². The molecule has 56 heavy (non-hydrogen) atoms. The van der Waals surface area contributed by atoms with Crippen LogP contribution < -0.4 is 4.90 Å². The molecule has 10 aromatic rings. The van der Waals surface area contributed by atoms with Gasteiger partial charge in [0.1, 0.15) is 0 Å². The minimum absolute atomic E-state index is 1.10. The van der Waals surface area contributed by atoms with E-state index in [0.29, 0.717) is 0 Å². The Hall–Kier alpha value is -7.10. The van der Waals surface area contributed by atoms with Crippen molar-refractivity contribution in [2.45, 2.75) is 20.3 Å². The largest absolute Gasteiger partial charge is 0.316 e. The van der Waals surface area contributed by atoms with E-state index in [4.69, 9.17) is 0 Å². The summed E-state index contributed by atoms with van der Waals surface area (Å²) in [5.74, 6) is 0. The lowest BCUT2D eigenvalue weighted by atomic mass is 10.0. The predicted molar refractivity (Wildman–Crippen MR) is 239 cm³/mol. The smallest absolute Gasteiger partial charge is 0.0628 e. The van der Waals surface area contributed by atoms with Crippen LogP contribution in [0.15, 0.2) is 212 Å². The highest BCUT2D eigenvalue weighted by molar-refractivity contribution is 6.21. The molecule has 2 heterocycles. The average molecular weight is 722 g/mol. The van der Waals surface area contributed by atoms with Crippen molar-refractivity contribution < 1.29 is 0 Å². The van der Waals surface area contributed by atoms with Gasteiger partial charge in [-0.1, -0.05) is 148 Å². The Labute approximate surface area is 329 Å². The van der Waals surface area contributed by atoms with Crippen molar-refractivity contribution in [3.63, 3.8) is 0 Å². The highest BCUT2D eigenvalue weighted by Crippen LogP contribution is 2.43. The first-order valence-electron chi connectivity index (χ1n) is 19.5. The first-order valence-corrected chi connectivity index (χ1v) is 19.5. The summed E-state index contributed by atoms with van der Waals surface area (Å²) < 4.78 is 4.74. The number of hydrogen-bond donors (Lipinski definition) is 0. The van der Waals surface area contributed by atoms with E-state index in [1.807, 2.05) is 0 Å². The van der Waals surface area contributed by atoms with Crippen LogP contribution in [0.2, 0.25) is 0 Å². The van der Waals surface area contributed by atoms with Gasteiger partial charge in [0.15, 0.2) is 0 Å². The van der Waals surface area contributed by atoms with Crippen LogP contribution in [0.4, 0.5) is 17.1 Å². The first kappa shape index (κ1) is 34.7. The third-order valence-electron chi connectivity index (χ3n) is 10.3. The van der Waals surface area contributed by atoms with Crippen LogP contribution in [-0.4, -0.2) is 9.13 Å². The minimum atomic E-state index is 1.10. The Balaban J connectivity index is 0.00000133. The van der Waals surface area contributed by atoms with E-state index in [1.54, 1.807) is 0 Å². The normalized spacial score (nSPS) is 11.1. The summed E-state index contributed by atoms with van der Waals surface area (Å²) in [6, 6.07) is 74.1. The maximum atomic E-state index is 2.41. The van der Waals surface area contributed by atoms with Gasteiger partial charge < -0.3 is 14.0 Å². The average Bonchev–Trinajstić information content (AvgIpc) is 3.85. The van der Waals surface area contributed by atoms with Crippen molar-refractivity contribution in [1.82, 2.24) is 9.13 Å². The summed E-state index contributed by atoms with van der Waals surface area (Å²) in [7, 11) is 0. The summed E-state index contributed by atoms with van der Waals surface area (Å²) in [4.78, 5) is 2.38. The van der Waals surface area contributed by atoms with Gasteiger partial charge in [-0.15, -0.1) is 0 Å². The molecule has 0 aliphatic rings. The van der Waals surface area contributed by atoms with Gasteiger partial charge in [0.25, 0.3) is 0 Å². The number of aromatic nitrogens is 2. The van der Waals surface area contributed by atoms with Gasteiger partial charge in [0.05, 0.1) is 16.6 Å². The SMILES string of the molecule is CCC.c1ccc(-c2ccc(N(c3ccc(-c4ccccc4)cc3)c3ccc4c(c3)c3c5c(ccc3n4-c3ccccc3)ccn5-c3ccccc3)cc2)cc1. The molecule has 8 aromatic carbocycles. The van der Waals surface area contributed by atoms with E-state index in [2.05, 4.69) is 240 Å². The predicted octanol–water partition coefficient (Wildman–Crippen LogP) is 14.9. The van der Waals surface area contributed by atoms with Crippen molar-refractivity contribution in [3.05, 3.63) is 212 Å². The number of benzene rings is 8. The number of anilines is 3. The molecule has 0 aliphatic carbocycles. The number of rotatable bonds is 7. The van der Waals surface area contributed by atoms with Crippen molar-refractivity contribution in [3.8, 4) is 33.6 Å². The van der Waals surface area contributed by atoms with E-state index < -0.39 is 0 Å². The molecule has 0 spiro atoms. The summed E-state index contributed by atoms with van der Waals surface area (Å²) in [6.07, 6.45) is 3.45. The van der Waals surface area contributed by atoms with Gasteiger partial charge in [-0.25, -0.2) is 0 Å². The van der Waals surface area contributed by atoms with Gasteiger partial charge in [0.2, 0.25) is 0 Å². The molecule has 0 N–H and O–H groups in total. The Bertz CT molecular complexity index is 2770. The zero-order chi connectivity index (χ0) is 37.8. The Morgan fingerprint density at radius 1 is 0.411 bits per heavy atom. The van der Waals surface area contributed by atoms with Crippen molar-refractivity contribution >= 4 is 49.8 Å². The molecule has 270 valence electrons. The molecule has 0 amide bonds. The molecule has 0 saturated heterocycles. The quantitative estimate of drug-likeness (QED) is 0.160. The molecule has 10 rings (SSSR count). The maximum absolute atomic E-state index is 2.41. The highest BCUT2D eigenvalue weighted by Gasteiger charge is 2.21. The second-order valence-corrected chi connectivity index (χ2v) is 14.2. The van der Waals surface area contributed by atoms with Gasteiger partial charge in [-0.2, -0.15) is 0 Å². The van der Waals surface area contributed by atoms with Crippen LogP contribution in [0, 0.1) is 0 Å². The second-order valence-electron chi connectivity index (χ2n) is 14.2. The minimum Gasteiger partial charge on any atom is -0.316 e. The fourth-order valence-electron chi connectivity index (χ4n) is 7.83. The molecule has 0 atom stereocenters. The molecular weight excluding hydrogens is 679 g/mol. The molecule has 0 aliphatic heterocycles. The molecule has 0 unspecified atom stereocenters. The lowest BCUT2D eigenvalue weighted by Gasteiger charge is -2.26. The topological polar surface area (TPSA) is 13.1 Å². The zero-order valence-corrected chi connectivity index (χ0v) is 31.8. The fourth-order valence-corrected chi connectivity index (χ4v) is 7.83. The summed E-state index contributed by atoms with van der Waals surface area (Å²) in [5, 5.41) is 3.65. The first-order chi connectivity index (χ1) is 27.7. The number of para-hydroxylation sites is 2. The summed E-state index contributed by atoms with van der Waals surface area (Å²) in [5.41, 5.74) is 13.9. The number of nitrogens with zero attached hydrogens (tertiary/aromatic N) is 3. The monoisotopic (exact) mass is 721 g/mol. The summed E-state index contributed by atoms with van der Waals surface area (Å²) >= 11 is 0. The van der Waals surface area contributed by atoms with Crippen molar-refractivity contribution in [2.75, 3.05) is 4.90 Å². The van der Waals surface area contributed by atoms with E-state index >= 15 is 0 Å². The van der Waals surface area contributed by atoms with Crippen LogP contribution in [-0.2, 0) is 0 Å². The van der Waals surface area contributed by atoms with Crippen LogP contribution in [0.5, 0.6) is 0 Å².